The predicted molar refractivity (Wildman–Crippen MR) is 95.1 cm³/mol. The van der Waals surface area contributed by atoms with E-state index in [1.165, 1.54) is 29.5 Å². The molecule has 0 atom stereocenters. The van der Waals surface area contributed by atoms with Gasteiger partial charge in [0.1, 0.15) is 0 Å². The molecular formula is C18H20F3N3OS. The van der Waals surface area contributed by atoms with Crippen molar-refractivity contribution in [2.45, 2.75) is 19.3 Å². The number of amides is 1. The van der Waals surface area contributed by atoms with Gasteiger partial charge in [-0.05, 0) is 23.8 Å². The van der Waals surface area contributed by atoms with E-state index in [1.54, 1.807) is 6.07 Å². The minimum atomic E-state index is -4.43. The Balaban J connectivity index is 1.59. The van der Waals surface area contributed by atoms with Crippen molar-refractivity contribution in [2.24, 2.45) is 0 Å². The molecule has 0 radical (unpaired) electrons. The molecule has 0 spiro atoms. The molecule has 8 heteroatoms. The molecule has 0 saturated carbocycles. The summed E-state index contributed by atoms with van der Waals surface area (Å²) in [7, 11) is 0. The monoisotopic (exact) mass is 383 g/mol. The van der Waals surface area contributed by atoms with E-state index in [0.29, 0.717) is 4.88 Å². The van der Waals surface area contributed by atoms with Crippen molar-refractivity contribution in [3.05, 3.63) is 57.3 Å². The van der Waals surface area contributed by atoms with Gasteiger partial charge < -0.3 is 10.6 Å². The first-order chi connectivity index (χ1) is 12.4. The van der Waals surface area contributed by atoms with Crippen LogP contribution in [0.5, 0.6) is 0 Å². The lowest BCUT2D eigenvalue weighted by molar-refractivity contribution is -0.138. The van der Waals surface area contributed by atoms with E-state index in [1.807, 2.05) is 6.07 Å². The van der Waals surface area contributed by atoms with Gasteiger partial charge in [-0.15, -0.1) is 11.3 Å². The van der Waals surface area contributed by atoms with E-state index < -0.39 is 11.7 Å². The zero-order chi connectivity index (χ0) is 18.6. The Labute approximate surface area is 154 Å². The van der Waals surface area contributed by atoms with Crippen molar-refractivity contribution < 1.29 is 18.0 Å². The van der Waals surface area contributed by atoms with Crippen LogP contribution in [-0.4, -0.2) is 37.0 Å². The van der Waals surface area contributed by atoms with Gasteiger partial charge in [0, 0.05) is 44.1 Å². The lowest BCUT2D eigenvalue weighted by atomic mass is 10.1. The smallest absolute Gasteiger partial charge is 0.347 e. The second-order valence-corrected chi connectivity index (χ2v) is 7.30. The largest absolute Gasteiger partial charge is 0.416 e. The lowest BCUT2D eigenvalue weighted by Crippen LogP contribution is -2.42. The third-order valence-electron chi connectivity index (χ3n) is 4.24. The zero-order valence-electron chi connectivity index (χ0n) is 14.1. The SMILES string of the molecule is O=C(NCc1ccccc1C(F)(F)F)c1ccc(CN2CCNCC2)s1. The number of thiophene rings is 1. The van der Waals surface area contributed by atoms with E-state index >= 15 is 0 Å². The number of nitrogens with zero attached hydrogens (tertiary/aromatic N) is 1. The third-order valence-corrected chi connectivity index (χ3v) is 5.31. The van der Waals surface area contributed by atoms with Crippen molar-refractivity contribution in [1.82, 2.24) is 15.5 Å². The Morgan fingerprint density at radius 1 is 1.15 bits per heavy atom. The third kappa shape index (κ3) is 4.84. The van der Waals surface area contributed by atoms with E-state index in [4.69, 9.17) is 0 Å². The second kappa shape index (κ2) is 8.20. The number of benzene rings is 1. The summed E-state index contributed by atoms with van der Waals surface area (Å²) in [6.45, 7) is 4.48. The summed E-state index contributed by atoms with van der Waals surface area (Å²) >= 11 is 1.38. The summed E-state index contributed by atoms with van der Waals surface area (Å²) in [5.41, 5.74) is -0.656. The molecule has 2 aromatic rings. The number of carbonyl (C=O) groups is 1. The number of halogens is 3. The summed E-state index contributed by atoms with van der Waals surface area (Å²) in [5.74, 6) is -0.349. The molecule has 1 amide bonds. The highest BCUT2D eigenvalue weighted by Gasteiger charge is 2.32. The topological polar surface area (TPSA) is 44.4 Å². The van der Waals surface area contributed by atoms with Crippen LogP contribution in [0.2, 0.25) is 0 Å². The molecule has 0 unspecified atom stereocenters. The van der Waals surface area contributed by atoms with E-state index in [-0.39, 0.29) is 18.0 Å². The van der Waals surface area contributed by atoms with E-state index in [0.717, 1.165) is 43.7 Å². The molecule has 2 N–H and O–H groups in total. The van der Waals surface area contributed by atoms with Crippen LogP contribution < -0.4 is 10.6 Å². The molecule has 2 heterocycles. The molecule has 0 bridgehead atoms. The molecule has 1 saturated heterocycles. The minimum Gasteiger partial charge on any atom is -0.347 e. The quantitative estimate of drug-likeness (QED) is 0.834. The van der Waals surface area contributed by atoms with Crippen LogP contribution in [0.3, 0.4) is 0 Å². The van der Waals surface area contributed by atoms with Crippen molar-refractivity contribution in [1.29, 1.82) is 0 Å². The van der Waals surface area contributed by atoms with Gasteiger partial charge in [-0.1, -0.05) is 18.2 Å². The van der Waals surface area contributed by atoms with Crippen molar-refractivity contribution in [2.75, 3.05) is 26.2 Å². The summed E-state index contributed by atoms with van der Waals surface area (Å²) in [4.78, 5) is 16.2. The fourth-order valence-corrected chi connectivity index (χ4v) is 3.85. The van der Waals surface area contributed by atoms with E-state index in [2.05, 4.69) is 15.5 Å². The molecule has 26 heavy (non-hydrogen) atoms. The standard InChI is InChI=1S/C18H20F3N3OS/c19-18(20,21)15-4-2-1-3-13(15)11-23-17(25)16-6-5-14(26-16)12-24-9-7-22-8-10-24/h1-6,22H,7-12H2,(H,23,25). The average molecular weight is 383 g/mol. The summed E-state index contributed by atoms with van der Waals surface area (Å²) in [6, 6.07) is 8.92. The molecule has 3 rings (SSSR count). The van der Waals surface area contributed by atoms with Gasteiger partial charge in [0.15, 0.2) is 0 Å². The van der Waals surface area contributed by atoms with E-state index in [9.17, 15) is 18.0 Å². The van der Waals surface area contributed by atoms with Crippen LogP contribution in [0.25, 0.3) is 0 Å². The lowest BCUT2D eigenvalue weighted by Gasteiger charge is -2.26. The van der Waals surface area contributed by atoms with Crippen LogP contribution in [0.15, 0.2) is 36.4 Å². The highest BCUT2D eigenvalue weighted by molar-refractivity contribution is 7.14. The van der Waals surface area contributed by atoms with Gasteiger partial charge in [-0.25, -0.2) is 0 Å². The Bertz CT molecular complexity index is 754. The Hall–Kier alpha value is -1.90. The summed E-state index contributed by atoms with van der Waals surface area (Å²) in [6.07, 6.45) is -4.43. The Morgan fingerprint density at radius 2 is 1.88 bits per heavy atom. The summed E-state index contributed by atoms with van der Waals surface area (Å²) in [5, 5.41) is 5.88. The fourth-order valence-electron chi connectivity index (χ4n) is 2.89. The first-order valence-corrected chi connectivity index (χ1v) is 9.20. The Kier molecular flexibility index (Phi) is 5.95. The number of rotatable bonds is 5. The molecule has 140 valence electrons. The fraction of sp³-hybridized carbons (Fsp3) is 0.389. The van der Waals surface area contributed by atoms with Crippen LogP contribution in [0, 0.1) is 0 Å². The molecule has 1 fully saturated rings. The maximum Gasteiger partial charge on any atom is 0.416 e. The number of hydrogen-bond donors (Lipinski definition) is 2. The van der Waals surface area contributed by atoms with Crippen molar-refractivity contribution >= 4 is 17.2 Å². The number of piperazine rings is 1. The van der Waals surface area contributed by atoms with Crippen LogP contribution in [0.4, 0.5) is 13.2 Å². The molecule has 1 aromatic heterocycles. The van der Waals surface area contributed by atoms with Crippen molar-refractivity contribution in [3.63, 3.8) is 0 Å². The number of carbonyl (C=O) groups excluding carboxylic acids is 1. The minimum absolute atomic E-state index is 0.0611. The molecule has 1 aliphatic heterocycles. The maximum atomic E-state index is 13.0. The van der Waals surface area contributed by atoms with Gasteiger partial charge >= 0.3 is 6.18 Å². The molecule has 0 aliphatic carbocycles. The van der Waals surface area contributed by atoms with Crippen LogP contribution in [0.1, 0.15) is 25.7 Å². The van der Waals surface area contributed by atoms with Crippen LogP contribution >= 0.6 is 11.3 Å². The highest BCUT2D eigenvalue weighted by Crippen LogP contribution is 2.31. The normalized spacial score (nSPS) is 15.8. The number of alkyl halides is 3. The first-order valence-electron chi connectivity index (χ1n) is 8.38. The summed E-state index contributed by atoms with van der Waals surface area (Å²) < 4.78 is 39.0. The first kappa shape index (κ1) is 18.9. The molecular weight excluding hydrogens is 363 g/mol. The second-order valence-electron chi connectivity index (χ2n) is 6.13. The van der Waals surface area contributed by atoms with Crippen LogP contribution in [-0.2, 0) is 19.3 Å². The highest BCUT2D eigenvalue weighted by atomic mass is 32.1. The van der Waals surface area contributed by atoms with Gasteiger partial charge in [0.05, 0.1) is 10.4 Å². The van der Waals surface area contributed by atoms with Gasteiger partial charge in [-0.3, -0.25) is 9.69 Å². The molecule has 1 aromatic carbocycles. The predicted octanol–water partition coefficient (Wildman–Crippen LogP) is 3.10. The maximum absolute atomic E-state index is 13.0. The van der Waals surface area contributed by atoms with Gasteiger partial charge in [0.2, 0.25) is 0 Å². The van der Waals surface area contributed by atoms with Crippen molar-refractivity contribution in [3.8, 4) is 0 Å². The number of hydrogen-bond acceptors (Lipinski definition) is 4. The Morgan fingerprint density at radius 3 is 2.62 bits per heavy atom. The zero-order valence-corrected chi connectivity index (χ0v) is 14.9. The molecule has 4 nitrogen and oxygen atoms in total. The van der Waals surface area contributed by atoms with Gasteiger partial charge in [-0.2, -0.15) is 13.2 Å². The number of nitrogens with one attached hydrogen (secondary N) is 2. The molecule has 1 aliphatic rings. The average Bonchev–Trinajstić information content (AvgIpc) is 3.08. The van der Waals surface area contributed by atoms with Gasteiger partial charge in [0.25, 0.3) is 5.91 Å².